The van der Waals surface area contributed by atoms with Gasteiger partial charge in [-0.05, 0) is 45.1 Å². The van der Waals surface area contributed by atoms with E-state index in [2.05, 4.69) is 27.4 Å². The van der Waals surface area contributed by atoms with Crippen molar-refractivity contribution in [3.05, 3.63) is 0 Å². The van der Waals surface area contributed by atoms with E-state index in [1.807, 2.05) is 7.05 Å². The first kappa shape index (κ1) is 19.5. The largest absolute Gasteiger partial charge is 0.378 e. The fraction of sp³-hybridized carbons (Fsp3) is 0.947. The maximum atomic E-state index is 5.90. The van der Waals surface area contributed by atoms with Crippen LogP contribution in [0.25, 0.3) is 0 Å². The molecule has 0 bridgehead atoms. The molecule has 1 atom stereocenters. The van der Waals surface area contributed by atoms with Gasteiger partial charge in [0.25, 0.3) is 0 Å². The van der Waals surface area contributed by atoms with Crippen LogP contribution in [0.15, 0.2) is 4.99 Å². The minimum Gasteiger partial charge on any atom is -0.378 e. The van der Waals surface area contributed by atoms with Gasteiger partial charge in [-0.15, -0.1) is 0 Å². The molecule has 1 heterocycles. The molecule has 2 fully saturated rings. The van der Waals surface area contributed by atoms with Gasteiger partial charge in [0.2, 0.25) is 0 Å². The van der Waals surface area contributed by atoms with E-state index >= 15 is 0 Å². The standard InChI is InChI=1S/C19H38N4O/c1-3-17-9-6-7-14-23(17)15-13-22-19(20-2)21-12-8-16-24-18-10-4-5-11-18/h17-18H,3-16H2,1-2H3,(H2,20,21,22). The molecule has 1 saturated carbocycles. The first-order valence-electron chi connectivity index (χ1n) is 10.1. The zero-order valence-electron chi connectivity index (χ0n) is 15.9. The summed E-state index contributed by atoms with van der Waals surface area (Å²) >= 11 is 0. The van der Waals surface area contributed by atoms with Gasteiger partial charge in [-0.3, -0.25) is 9.89 Å². The third kappa shape index (κ3) is 6.98. The van der Waals surface area contributed by atoms with Crippen molar-refractivity contribution in [2.24, 2.45) is 4.99 Å². The van der Waals surface area contributed by atoms with Crippen LogP contribution in [0.1, 0.15) is 64.7 Å². The summed E-state index contributed by atoms with van der Waals surface area (Å²) in [6.07, 6.45) is 12.2. The molecule has 2 aliphatic rings. The van der Waals surface area contributed by atoms with Crippen LogP contribution in [0, 0.1) is 0 Å². The van der Waals surface area contributed by atoms with E-state index in [-0.39, 0.29) is 0 Å². The van der Waals surface area contributed by atoms with Crippen molar-refractivity contribution in [3.8, 4) is 0 Å². The first-order valence-corrected chi connectivity index (χ1v) is 10.1. The molecule has 5 heteroatoms. The predicted molar refractivity (Wildman–Crippen MR) is 102 cm³/mol. The topological polar surface area (TPSA) is 48.9 Å². The van der Waals surface area contributed by atoms with Crippen molar-refractivity contribution < 1.29 is 4.74 Å². The SMILES string of the molecule is CCC1CCCCN1CCNC(=NC)NCCCOC1CCCC1. The van der Waals surface area contributed by atoms with Crippen LogP contribution in [0.3, 0.4) is 0 Å². The lowest BCUT2D eigenvalue weighted by Gasteiger charge is -2.35. The average molecular weight is 339 g/mol. The van der Waals surface area contributed by atoms with Gasteiger partial charge in [-0.25, -0.2) is 0 Å². The lowest BCUT2D eigenvalue weighted by molar-refractivity contribution is 0.0574. The fourth-order valence-electron chi connectivity index (χ4n) is 3.94. The molecule has 1 saturated heterocycles. The number of piperidine rings is 1. The fourth-order valence-corrected chi connectivity index (χ4v) is 3.94. The van der Waals surface area contributed by atoms with Crippen LogP contribution in [-0.4, -0.2) is 62.8 Å². The number of nitrogens with one attached hydrogen (secondary N) is 2. The highest BCUT2D eigenvalue weighted by molar-refractivity contribution is 5.79. The Morgan fingerprint density at radius 1 is 1.08 bits per heavy atom. The average Bonchev–Trinajstić information content (AvgIpc) is 3.13. The van der Waals surface area contributed by atoms with Crippen molar-refractivity contribution in [3.63, 3.8) is 0 Å². The Balaban J connectivity index is 1.51. The van der Waals surface area contributed by atoms with E-state index in [0.717, 1.165) is 44.7 Å². The Hall–Kier alpha value is -0.810. The van der Waals surface area contributed by atoms with Crippen molar-refractivity contribution in [2.75, 3.05) is 39.8 Å². The molecule has 0 amide bonds. The molecule has 2 rings (SSSR count). The maximum Gasteiger partial charge on any atom is 0.191 e. The van der Waals surface area contributed by atoms with E-state index in [1.54, 1.807) is 0 Å². The predicted octanol–water partition coefficient (Wildman–Crippen LogP) is 2.77. The number of likely N-dealkylation sites (tertiary alicyclic amines) is 1. The maximum absolute atomic E-state index is 5.90. The third-order valence-corrected chi connectivity index (χ3v) is 5.40. The zero-order chi connectivity index (χ0) is 17.0. The summed E-state index contributed by atoms with van der Waals surface area (Å²) < 4.78 is 5.90. The van der Waals surface area contributed by atoms with Gasteiger partial charge in [0.05, 0.1) is 6.10 Å². The monoisotopic (exact) mass is 338 g/mol. The molecule has 1 unspecified atom stereocenters. The van der Waals surface area contributed by atoms with Gasteiger partial charge in [0.1, 0.15) is 0 Å². The molecule has 2 N–H and O–H groups in total. The quantitative estimate of drug-likeness (QED) is 0.386. The van der Waals surface area contributed by atoms with E-state index in [1.165, 1.54) is 57.9 Å². The Morgan fingerprint density at radius 2 is 1.83 bits per heavy atom. The minimum atomic E-state index is 0.526. The van der Waals surface area contributed by atoms with Gasteiger partial charge in [-0.2, -0.15) is 0 Å². The summed E-state index contributed by atoms with van der Waals surface area (Å²) in [4.78, 5) is 6.96. The first-order chi connectivity index (χ1) is 11.8. The molecule has 24 heavy (non-hydrogen) atoms. The van der Waals surface area contributed by atoms with Crippen molar-refractivity contribution in [1.29, 1.82) is 0 Å². The van der Waals surface area contributed by atoms with Crippen molar-refractivity contribution in [1.82, 2.24) is 15.5 Å². The Labute approximate surface area is 148 Å². The second kappa shape index (κ2) is 11.7. The van der Waals surface area contributed by atoms with Gasteiger partial charge < -0.3 is 15.4 Å². The van der Waals surface area contributed by atoms with E-state index in [9.17, 15) is 0 Å². The highest BCUT2D eigenvalue weighted by atomic mass is 16.5. The Bertz CT molecular complexity index is 355. The number of rotatable bonds is 9. The summed E-state index contributed by atoms with van der Waals surface area (Å²) in [6, 6.07) is 0.781. The second-order valence-electron chi connectivity index (χ2n) is 7.15. The molecule has 0 spiro atoms. The summed E-state index contributed by atoms with van der Waals surface area (Å²) in [7, 11) is 1.85. The highest BCUT2D eigenvalue weighted by Gasteiger charge is 2.20. The summed E-state index contributed by atoms with van der Waals surface area (Å²) in [6.45, 7) is 7.43. The van der Waals surface area contributed by atoms with Crippen LogP contribution >= 0.6 is 0 Å². The van der Waals surface area contributed by atoms with Crippen molar-refractivity contribution >= 4 is 5.96 Å². The van der Waals surface area contributed by atoms with Crippen LogP contribution in [-0.2, 0) is 4.74 Å². The van der Waals surface area contributed by atoms with Gasteiger partial charge in [-0.1, -0.05) is 26.2 Å². The zero-order valence-corrected chi connectivity index (χ0v) is 15.9. The molecular formula is C19H38N4O. The third-order valence-electron chi connectivity index (χ3n) is 5.40. The van der Waals surface area contributed by atoms with E-state index < -0.39 is 0 Å². The lowest BCUT2D eigenvalue weighted by atomic mass is 10.0. The van der Waals surface area contributed by atoms with Gasteiger partial charge in [0.15, 0.2) is 5.96 Å². The molecule has 1 aliphatic heterocycles. The van der Waals surface area contributed by atoms with Crippen molar-refractivity contribution in [2.45, 2.75) is 76.9 Å². The lowest BCUT2D eigenvalue weighted by Crippen LogP contribution is -2.46. The molecule has 0 radical (unpaired) electrons. The van der Waals surface area contributed by atoms with E-state index in [4.69, 9.17) is 4.74 Å². The Morgan fingerprint density at radius 3 is 2.58 bits per heavy atom. The van der Waals surface area contributed by atoms with Crippen LogP contribution < -0.4 is 10.6 Å². The number of ether oxygens (including phenoxy) is 1. The second-order valence-corrected chi connectivity index (χ2v) is 7.15. The Kier molecular flexibility index (Phi) is 9.51. The minimum absolute atomic E-state index is 0.526. The molecule has 1 aliphatic carbocycles. The molecule has 0 aromatic carbocycles. The highest BCUT2D eigenvalue weighted by Crippen LogP contribution is 2.20. The number of guanidine groups is 1. The molecule has 0 aromatic rings. The number of aliphatic imine (C=N–C) groups is 1. The number of nitrogens with zero attached hydrogens (tertiary/aromatic N) is 2. The molecule has 140 valence electrons. The normalized spacial score (nSPS) is 23.6. The van der Waals surface area contributed by atoms with Gasteiger partial charge >= 0.3 is 0 Å². The molecule has 5 nitrogen and oxygen atoms in total. The summed E-state index contributed by atoms with van der Waals surface area (Å²) in [5, 5.41) is 6.85. The van der Waals surface area contributed by atoms with Crippen LogP contribution in [0.2, 0.25) is 0 Å². The smallest absolute Gasteiger partial charge is 0.191 e. The van der Waals surface area contributed by atoms with Crippen LogP contribution in [0.5, 0.6) is 0 Å². The number of hydrogen-bond acceptors (Lipinski definition) is 3. The van der Waals surface area contributed by atoms with Gasteiger partial charge in [0, 0.05) is 39.3 Å². The number of hydrogen-bond donors (Lipinski definition) is 2. The summed E-state index contributed by atoms with van der Waals surface area (Å²) in [5.41, 5.74) is 0. The van der Waals surface area contributed by atoms with Crippen LogP contribution in [0.4, 0.5) is 0 Å². The van der Waals surface area contributed by atoms with E-state index in [0.29, 0.717) is 6.10 Å². The summed E-state index contributed by atoms with van der Waals surface area (Å²) in [5.74, 6) is 0.918. The molecule has 0 aromatic heterocycles. The molecular weight excluding hydrogens is 300 g/mol.